The number of hydrogen-bond acceptors (Lipinski definition) is 2. The molecule has 1 aromatic heterocycles. The molecule has 1 heterocycles. The molecule has 0 amide bonds. The summed E-state index contributed by atoms with van der Waals surface area (Å²) in [5, 5.41) is 10.8. The summed E-state index contributed by atoms with van der Waals surface area (Å²) in [6, 6.07) is 1.85. The summed E-state index contributed by atoms with van der Waals surface area (Å²) in [5.74, 6) is -0.795. The number of carbonyl (C=O) groups is 1. The van der Waals surface area contributed by atoms with Crippen LogP contribution in [0.2, 0.25) is 0 Å². The van der Waals surface area contributed by atoms with E-state index in [-0.39, 0.29) is 0 Å². The number of carboxylic acid groups (broad SMARTS) is 1. The summed E-state index contributed by atoms with van der Waals surface area (Å²) in [6.07, 6.45) is 0. The zero-order valence-electron chi connectivity index (χ0n) is 6.80. The number of thiophene rings is 1. The highest BCUT2D eigenvalue weighted by atomic mass is 79.9. The van der Waals surface area contributed by atoms with Crippen LogP contribution in [0.3, 0.4) is 0 Å². The van der Waals surface area contributed by atoms with Gasteiger partial charge in [0, 0.05) is 14.7 Å². The van der Waals surface area contributed by atoms with E-state index in [1.807, 2.05) is 11.4 Å². The van der Waals surface area contributed by atoms with Crippen molar-refractivity contribution in [3.8, 4) is 0 Å². The van der Waals surface area contributed by atoms with E-state index < -0.39 is 11.4 Å². The summed E-state index contributed by atoms with van der Waals surface area (Å²) in [4.78, 5) is 11.7. The van der Waals surface area contributed by atoms with Crippen molar-refractivity contribution >= 4 is 33.2 Å². The lowest BCUT2D eigenvalue weighted by molar-refractivity contribution is -0.142. The Morgan fingerprint density at radius 1 is 1.67 bits per heavy atom. The van der Waals surface area contributed by atoms with E-state index in [0.29, 0.717) is 0 Å². The van der Waals surface area contributed by atoms with Gasteiger partial charge in [0.2, 0.25) is 0 Å². The molecule has 2 nitrogen and oxygen atoms in total. The lowest BCUT2D eigenvalue weighted by Gasteiger charge is -2.16. The van der Waals surface area contributed by atoms with Crippen LogP contribution in [0.5, 0.6) is 0 Å². The van der Waals surface area contributed by atoms with Gasteiger partial charge in [-0.1, -0.05) is 0 Å². The number of halogens is 1. The van der Waals surface area contributed by atoms with Crippen LogP contribution in [0, 0.1) is 0 Å². The molecule has 1 aromatic rings. The van der Waals surface area contributed by atoms with Crippen molar-refractivity contribution < 1.29 is 9.90 Å². The van der Waals surface area contributed by atoms with Crippen LogP contribution in [-0.2, 0) is 10.2 Å². The summed E-state index contributed by atoms with van der Waals surface area (Å²) in [7, 11) is 0. The molecule has 66 valence electrons. The Morgan fingerprint density at radius 3 is 2.58 bits per heavy atom. The van der Waals surface area contributed by atoms with Crippen molar-refractivity contribution in [3.05, 3.63) is 20.8 Å². The Kier molecular flexibility index (Phi) is 2.58. The van der Waals surface area contributed by atoms with Gasteiger partial charge in [-0.15, -0.1) is 11.3 Å². The number of hydrogen-bond donors (Lipinski definition) is 1. The molecule has 0 radical (unpaired) electrons. The summed E-state index contributed by atoms with van der Waals surface area (Å²) < 4.78 is 0.942. The highest BCUT2D eigenvalue weighted by Crippen LogP contribution is 2.31. The number of rotatable bonds is 2. The van der Waals surface area contributed by atoms with E-state index in [4.69, 9.17) is 5.11 Å². The maximum atomic E-state index is 10.8. The van der Waals surface area contributed by atoms with Crippen LogP contribution < -0.4 is 0 Å². The van der Waals surface area contributed by atoms with Gasteiger partial charge in [-0.3, -0.25) is 4.79 Å². The Morgan fingerprint density at radius 2 is 2.25 bits per heavy atom. The highest BCUT2D eigenvalue weighted by Gasteiger charge is 2.30. The molecule has 0 saturated heterocycles. The third-order valence-corrected chi connectivity index (χ3v) is 3.73. The Balaban J connectivity index is 3.05. The first-order valence-corrected chi connectivity index (χ1v) is 5.10. The van der Waals surface area contributed by atoms with Crippen molar-refractivity contribution in [1.29, 1.82) is 0 Å². The summed E-state index contributed by atoms with van der Waals surface area (Å²) >= 11 is 4.75. The van der Waals surface area contributed by atoms with Gasteiger partial charge in [0.15, 0.2) is 0 Å². The molecule has 0 saturated carbocycles. The fraction of sp³-hybridized carbons (Fsp3) is 0.375. The van der Waals surface area contributed by atoms with E-state index in [1.165, 1.54) is 11.3 Å². The zero-order valence-corrected chi connectivity index (χ0v) is 9.20. The normalized spacial score (nSPS) is 11.6. The lowest BCUT2D eigenvalue weighted by Crippen LogP contribution is -2.27. The second kappa shape index (κ2) is 3.18. The molecule has 0 spiro atoms. The minimum atomic E-state index is -0.795. The van der Waals surface area contributed by atoms with E-state index in [1.54, 1.807) is 13.8 Å². The molecule has 12 heavy (non-hydrogen) atoms. The lowest BCUT2D eigenvalue weighted by atomic mass is 9.92. The van der Waals surface area contributed by atoms with E-state index in [2.05, 4.69) is 15.9 Å². The average Bonchev–Trinajstić information content (AvgIpc) is 2.35. The highest BCUT2D eigenvalue weighted by molar-refractivity contribution is 9.10. The van der Waals surface area contributed by atoms with Crippen LogP contribution in [0.1, 0.15) is 18.7 Å². The number of carboxylic acids is 1. The van der Waals surface area contributed by atoms with Crippen molar-refractivity contribution in [2.24, 2.45) is 0 Å². The Bertz CT molecular complexity index is 304. The molecule has 0 unspecified atom stereocenters. The van der Waals surface area contributed by atoms with Crippen LogP contribution in [-0.4, -0.2) is 11.1 Å². The van der Waals surface area contributed by atoms with Gasteiger partial charge in [-0.2, -0.15) is 0 Å². The maximum Gasteiger partial charge on any atom is 0.314 e. The summed E-state index contributed by atoms with van der Waals surface area (Å²) in [6.45, 7) is 3.40. The molecule has 0 fully saturated rings. The van der Waals surface area contributed by atoms with E-state index in [9.17, 15) is 4.79 Å². The molecular formula is C8H9BrO2S. The molecule has 1 rings (SSSR count). The standard InChI is InChI=1S/C8H9BrO2S/c1-8(2,7(10)11)6-3-5(9)4-12-6/h3-4H,1-2H3,(H,10,11). The zero-order chi connectivity index (χ0) is 9.35. The number of aliphatic carboxylic acids is 1. The molecule has 0 atom stereocenters. The fourth-order valence-electron chi connectivity index (χ4n) is 0.746. The SMILES string of the molecule is CC(C)(C(=O)O)c1cc(Br)cs1. The second-order valence-electron chi connectivity index (χ2n) is 3.06. The molecule has 1 N–H and O–H groups in total. The molecule has 0 aliphatic heterocycles. The molecule has 0 aromatic carbocycles. The monoisotopic (exact) mass is 248 g/mol. The van der Waals surface area contributed by atoms with Gasteiger partial charge in [0.1, 0.15) is 0 Å². The third kappa shape index (κ3) is 1.69. The maximum absolute atomic E-state index is 10.8. The first kappa shape index (κ1) is 9.74. The molecule has 0 aliphatic rings. The Hall–Kier alpha value is -0.350. The third-order valence-electron chi connectivity index (χ3n) is 1.72. The average molecular weight is 249 g/mol. The van der Waals surface area contributed by atoms with Gasteiger partial charge in [0.25, 0.3) is 0 Å². The Labute approximate surface area is 83.4 Å². The van der Waals surface area contributed by atoms with Gasteiger partial charge < -0.3 is 5.11 Å². The quantitative estimate of drug-likeness (QED) is 0.874. The van der Waals surface area contributed by atoms with Crippen LogP contribution in [0.15, 0.2) is 15.9 Å². The predicted octanol–water partition coefficient (Wildman–Crippen LogP) is 2.87. The van der Waals surface area contributed by atoms with Gasteiger partial charge in [-0.25, -0.2) is 0 Å². The minimum absolute atomic E-state index is 0.781. The smallest absolute Gasteiger partial charge is 0.314 e. The second-order valence-corrected chi connectivity index (χ2v) is 4.89. The van der Waals surface area contributed by atoms with Gasteiger partial charge in [0.05, 0.1) is 5.41 Å². The van der Waals surface area contributed by atoms with Crippen LogP contribution in [0.25, 0.3) is 0 Å². The molecule has 0 bridgehead atoms. The minimum Gasteiger partial charge on any atom is -0.481 e. The van der Waals surface area contributed by atoms with E-state index >= 15 is 0 Å². The fourth-order valence-corrected chi connectivity index (χ4v) is 2.29. The van der Waals surface area contributed by atoms with Crippen molar-refractivity contribution in [2.75, 3.05) is 0 Å². The molecule has 4 heteroatoms. The predicted molar refractivity (Wildman–Crippen MR) is 52.7 cm³/mol. The summed E-state index contributed by atoms with van der Waals surface area (Å²) in [5.41, 5.74) is -0.781. The van der Waals surface area contributed by atoms with Crippen molar-refractivity contribution in [1.82, 2.24) is 0 Å². The van der Waals surface area contributed by atoms with E-state index in [0.717, 1.165) is 9.35 Å². The first-order valence-electron chi connectivity index (χ1n) is 3.42. The molecular weight excluding hydrogens is 240 g/mol. The van der Waals surface area contributed by atoms with Crippen molar-refractivity contribution in [2.45, 2.75) is 19.3 Å². The van der Waals surface area contributed by atoms with Crippen molar-refractivity contribution in [3.63, 3.8) is 0 Å². The van der Waals surface area contributed by atoms with Crippen LogP contribution in [0.4, 0.5) is 0 Å². The largest absolute Gasteiger partial charge is 0.481 e. The van der Waals surface area contributed by atoms with Crippen LogP contribution >= 0.6 is 27.3 Å². The topological polar surface area (TPSA) is 37.3 Å². The van der Waals surface area contributed by atoms with Gasteiger partial charge >= 0.3 is 5.97 Å². The van der Waals surface area contributed by atoms with Gasteiger partial charge in [-0.05, 0) is 35.8 Å². The first-order chi connectivity index (χ1) is 5.44. The molecule has 0 aliphatic carbocycles.